The Bertz CT molecular complexity index is 489. The molecule has 0 bridgehead atoms. The molecule has 2 heterocycles. The third-order valence-corrected chi connectivity index (χ3v) is 1.73. The summed E-state index contributed by atoms with van der Waals surface area (Å²) in [6.45, 7) is 0. The molecular formula is C7H6F3N5. The van der Waals surface area contributed by atoms with Crippen LogP contribution in [0.3, 0.4) is 0 Å². The maximum atomic E-state index is 12.2. The molecule has 0 fully saturated rings. The van der Waals surface area contributed by atoms with Crippen molar-refractivity contribution >= 4 is 17.1 Å². The number of anilines is 1. The topological polar surface area (TPSA) is 66.5 Å². The van der Waals surface area contributed by atoms with Gasteiger partial charge in [-0.05, 0) is 0 Å². The number of nitrogens with one attached hydrogen (secondary N) is 2. The maximum absolute atomic E-state index is 12.2. The molecular weight excluding hydrogens is 211 g/mol. The Morgan fingerprint density at radius 2 is 2.07 bits per heavy atom. The molecule has 5 nitrogen and oxygen atoms in total. The highest BCUT2D eigenvalue weighted by molar-refractivity contribution is 5.72. The van der Waals surface area contributed by atoms with Gasteiger partial charge in [-0.2, -0.15) is 18.2 Å². The molecule has 0 unspecified atom stereocenters. The first-order chi connectivity index (χ1) is 7.00. The Labute approximate surface area is 81.8 Å². The monoisotopic (exact) mass is 217 g/mol. The van der Waals surface area contributed by atoms with Crippen molar-refractivity contribution in [3.63, 3.8) is 0 Å². The lowest BCUT2D eigenvalue weighted by atomic mass is 10.5. The molecule has 2 aromatic heterocycles. The second-order valence-corrected chi connectivity index (χ2v) is 2.76. The molecule has 80 valence electrons. The largest absolute Gasteiger partial charge is 0.451 e. The van der Waals surface area contributed by atoms with Gasteiger partial charge in [-0.3, -0.25) is 0 Å². The van der Waals surface area contributed by atoms with Gasteiger partial charge in [-0.1, -0.05) is 0 Å². The molecule has 2 aromatic rings. The van der Waals surface area contributed by atoms with Crippen molar-refractivity contribution in [3.8, 4) is 0 Å². The zero-order valence-electron chi connectivity index (χ0n) is 7.55. The number of aromatic nitrogens is 4. The van der Waals surface area contributed by atoms with E-state index in [-0.39, 0.29) is 5.65 Å². The Kier molecular flexibility index (Phi) is 1.98. The van der Waals surface area contributed by atoms with Crippen molar-refractivity contribution in [1.82, 2.24) is 19.9 Å². The minimum atomic E-state index is -4.55. The second-order valence-electron chi connectivity index (χ2n) is 2.76. The van der Waals surface area contributed by atoms with E-state index in [9.17, 15) is 13.2 Å². The van der Waals surface area contributed by atoms with E-state index in [2.05, 4.69) is 25.3 Å². The van der Waals surface area contributed by atoms with E-state index in [0.717, 1.165) is 6.20 Å². The van der Waals surface area contributed by atoms with Crippen LogP contribution in [-0.2, 0) is 6.18 Å². The minimum Gasteiger partial charge on any atom is -0.359 e. The fraction of sp³-hybridized carbons (Fsp3) is 0.286. The fourth-order valence-electron chi connectivity index (χ4n) is 1.06. The molecule has 0 saturated carbocycles. The molecule has 0 aliphatic carbocycles. The summed E-state index contributed by atoms with van der Waals surface area (Å²) in [6, 6.07) is 0. The highest BCUT2D eigenvalue weighted by atomic mass is 19.4. The first-order valence-electron chi connectivity index (χ1n) is 3.98. The van der Waals surface area contributed by atoms with Crippen molar-refractivity contribution in [2.75, 3.05) is 12.4 Å². The van der Waals surface area contributed by atoms with Crippen LogP contribution in [0.15, 0.2) is 6.20 Å². The van der Waals surface area contributed by atoms with Crippen LogP contribution >= 0.6 is 0 Å². The van der Waals surface area contributed by atoms with Crippen LogP contribution in [0, 0.1) is 0 Å². The van der Waals surface area contributed by atoms with Crippen LogP contribution in [0.5, 0.6) is 0 Å². The van der Waals surface area contributed by atoms with E-state index in [1.807, 2.05) is 0 Å². The summed E-state index contributed by atoms with van der Waals surface area (Å²) in [5.74, 6) is -0.845. The summed E-state index contributed by atoms with van der Waals surface area (Å²) >= 11 is 0. The molecule has 0 radical (unpaired) electrons. The summed E-state index contributed by atoms with van der Waals surface area (Å²) in [5.41, 5.74) is 0.342. The first kappa shape index (κ1) is 9.69. The number of fused-ring (bicyclic) bond motifs is 1. The Hall–Kier alpha value is -1.86. The highest BCUT2D eigenvalue weighted by Gasteiger charge is 2.34. The van der Waals surface area contributed by atoms with Gasteiger partial charge in [-0.25, -0.2) is 9.97 Å². The predicted molar refractivity (Wildman–Crippen MR) is 46.2 cm³/mol. The van der Waals surface area contributed by atoms with Gasteiger partial charge in [0.25, 0.3) is 0 Å². The molecule has 0 aromatic carbocycles. The van der Waals surface area contributed by atoms with Crippen molar-refractivity contribution < 1.29 is 13.2 Å². The van der Waals surface area contributed by atoms with Crippen molar-refractivity contribution in [1.29, 1.82) is 0 Å². The number of alkyl halides is 3. The van der Waals surface area contributed by atoms with Crippen LogP contribution in [0.2, 0.25) is 0 Å². The minimum absolute atomic E-state index is 0.0123. The molecule has 0 aliphatic heterocycles. The summed E-state index contributed by atoms with van der Waals surface area (Å²) in [5, 5.41) is 2.66. The molecule has 0 saturated heterocycles. The van der Waals surface area contributed by atoms with E-state index in [0.29, 0.717) is 11.5 Å². The van der Waals surface area contributed by atoms with Crippen LogP contribution in [0.4, 0.5) is 19.1 Å². The number of rotatable bonds is 1. The van der Waals surface area contributed by atoms with E-state index >= 15 is 0 Å². The van der Waals surface area contributed by atoms with E-state index in [1.165, 1.54) is 0 Å². The molecule has 2 N–H and O–H groups in total. The molecule has 15 heavy (non-hydrogen) atoms. The lowest BCUT2D eigenvalue weighted by Crippen LogP contribution is -2.10. The number of nitrogens with zero attached hydrogens (tertiary/aromatic N) is 3. The lowest BCUT2D eigenvalue weighted by molar-refractivity contribution is -0.144. The lowest BCUT2D eigenvalue weighted by Gasteiger charge is -2.02. The Balaban J connectivity index is 2.55. The first-order valence-corrected chi connectivity index (χ1v) is 3.98. The van der Waals surface area contributed by atoms with E-state index in [4.69, 9.17) is 0 Å². The quantitative estimate of drug-likeness (QED) is 0.757. The molecule has 0 amide bonds. The van der Waals surface area contributed by atoms with Gasteiger partial charge in [-0.15, -0.1) is 0 Å². The zero-order valence-corrected chi connectivity index (χ0v) is 7.55. The summed E-state index contributed by atoms with van der Waals surface area (Å²) in [6.07, 6.45) is -3.49. The normalized spacial score (nSPS) is 12.0. The smallest absolute Gasteiger partial charge is 0.359 e. The number of hydrogen-bond donors (Lipinski definition) is 2. The third kappa shape index (κ3) is 1.69. The SMILES string of the molecule is CNc1nc2nc(C(F)(F)F)ncc2[nH]1. The van der Waals surface area contributed by atoms with Gasteiger partial charge in [0, 0.05) is 7.05 Å². The standard InChI is InChI=1S/C7H6F3N5/c1-11-6-13-3-2-12-5(7(8,9)10)14-4(3)15-6/h2H,1H3,(H2,11,12,13,14,15). The van der Waals surface area contributed by atoms with Crippen LogP contribution in [-0.4, -0.2) is 27.0 Å². The van der Waals surface area contributed by atoms with Gasteiger partial charge in [0.15, 0.2) is 5.65 Å². The average molecular weight is 217 g/mol. The Morgan fingerprint density at radius 3 is 2.67 bits per heavy atom. The van der Waals surface area contributed by atoms with Crippen molar-refractivity contribution in [3.05, 3.63) is 12.0 Å². The van der Waals surface area contributed by atoms with Crippen LogP contribution in [0.1, 0.15) is 5.82 Å². The fourth-order valence-corrected chi connectivity index (χ4v) is 1.06. The van der Waals surface area contributed by atoms with Gasteiger partial charge >= 0.3 is 6.18 Å². The molecule has 0 aliphatic rings. The molecule has 8 heteroatoms. The molecule has 0 spiro atoms. The number of H-pyrrole nitrogens is 1. The van der Waals surface area contributed by atoms with Crippen molar-refractivity contribution in [2.24, 2.45) is 0 Å². The van der Waals surface area contributed by atoms with Crippen molar-refractivity contribution in [2.45, 2.75) is 6.18 Å². The molecule has 2 rings (SSSR count). The van der Waals surface area contributed by atoms with Gasteiger partial charge in [0.05, 0.1) is 6.20 Å². The summed E-state index contributed by atoms with van der Waals surface area (Å²) in [4.78, 5) is 13.0. The van der Waals surface area contributed by atoms with Gasteiger partial charge in [0.2, 0.25) is 11.8 Å². The summed E-state index contributed by atoms with van der Waals surface area (Å²) in [7, 11) is 1.59. The Morgan fingerprint density at radius 1 is 1.33 bits per heavy atom. The van der Waals surface area contributed by atoms with Crippen LogP contribution in [0.25, 0.3) is 11.2 Å². The van der Waals surface area contributed by atoms with Gasteiger partial charge < -0.3 is 10.3 Å². The predicted octanol–water partition coefficient (Wildman–Crippen LogP) is 1.41. The number of halogens is 3. The maximum Gasteiger partial charge on any atom is 0.451 e. The van der Waals surface area contributed by atoms with Gasteiger partial charge in [0.1, 0.15) is 5.52 Å². The summed E-state index contributed by atoms with van der Waals surface area (Å²) < 4.78 is 36.7. The molecule has 0 atom stereocenters. The van der Waals surface area contributed by atoms with E-state index in [1.54, 1.807) is 7.05 Å². The number of hydrogen-bond acceptors (Lipinski definition) is 4. The average Bonchev–Trinajstić information content (AvgIpc) is 2.57. The number of aromatic amines is 1. The van der Waals surface area contributed by atoms with E-state index < -0.39 is 12.0 Å². The number of imidazole rings is 1. The van der Waals surface area contributed by atoms with Crippen LogP contribution < -0.4 is 5.32 Å². The second kappa shape index (κ2) is 3.07. The third-order valence-electron chi connectivity index (χ3n) is 1.73. The zero-order chi connectivity index (χ0) is 11.1. The highest BCUT2D eigenvalue weighted by Crippen LogP contribution is 2.26.